The molecule has 0 radical (unpaired) electrons. The number of nitrogens with one attached hydrogen (secondary N) is 2. The Kier molecular flexibility index (Phi) is 7.03. The maximum absolute atomic E-state index is 5.49. The number of ether oxygens (including phenoxy) is 2. The Bertz CT molecular complexity index is 458. The van der Waals surface area contributed by atoms with Gasteiger partial charge in [-0.1, -0.05) is 6.08 Å². The Hall–Kier alpha value is -2.17. The van der Waals surface area contributed by atoms with Crippen molar-refractivity contribution in [2.75, 3.05) is 32.1 Å². The van der Waals surface area contributed by atoms with Gasteiger partial charge in [0.15, 0.2) is 17.5 Å². The quantitative estimate of drug-likeness (QED) is 0.457. The number of anilines is 1. The summed E-state index contributed by atoms with van der Waals surface area (Å²) in [5.74, 6) is 2.13. The van der Waals surface area contributed by atoms with Crippen molar-refractivity contribution in [1.29, 1.82) is 0 Å². The zero-order chi connectivity index (χ0) is 14.8. The van der Waals surface area contributed by atoms with Crippen LogP contribution < -0.4 is 20.1 Å². The first-order chi connectivity index (χ1) is 9.74. The van der Waals surface area contributed by atoms with Gasteiger partial charge in [-0.3, -0.25) is 0 Å². The number of guanidine groups is 1. The van der Waals surface area contributed by atoms with Crippen LogP contribution >= 0.6 is 0 Å². The van der Waals surface area contributed by atoms with Crippen LogP contribution in [0, 0.1) is 0 Å². The van der Waals surface area contributed by atoms with Gasteiger partial charge in [0.05, 0.1) is 20.3 Å². The summed E-state index contributed by atoms with van der Waals surface area (Å²) in [6.07, 6.45) is 1.75. The first-order valence-electron chi connectivity index (χ1n) is 6.72. The molecule has 5 nitrogen and oxygen atoms in total. The molecule has 0 spiro atoms. The predicted octanol–water partition coefficient (Wildman–Crippen LogP) is 2.66. The third-order valence-corrected chi connectivity index (χ3v) is 2.45. The maximum atomic E-state index is 5.49. The minimum absolute atomic E-state index is 0.559. The van der Waals surface area contributed by atoms with Gasteiger partial charge in [-0.2, -0.15) is 0 Å². The predicted molar refractivity (Wildman–Crippen MR) is 84.0 cm³/mol. The van der Waals surface area contributed by atoms with E-state index in [0.29, 0.717) is 24.9 Å². The lowest BCUT2D eigenvalue weighted by Gasteiger charge is -2.14. The molecule has 5 heteroatoms. The summed E-state index contributed by atoms with van der Waals surface area (Å²) in [5.41, 5.74) is 0.883. The molecule has 0 bridgehead atoms. The highest BCUT2D eigenvalue weighted by atomic mass is 16.5. The smallest absolute Gasteiger partial charge is 0.196 e. The van der Waals surface area contributed by atoms with Crippen molar-refractivity contribution in [2.45, 2.75) is 13.8 Å². The third-order valence-electron chi connectivity index (χ3n) is 2.45. The Morgan fingerprint density at radius 1 is 1.35 bits per heavy atom. The van der Waals surface area contributed by atoms with Crippen molar-refractivity contribution in [1.82, 2.24) is 5.32 Å². The van der Waals surface area contributed by atoms with Crippen LogP contribution in [0.25, 0.3) is 0 Å². The van der Waals surface area contributed by atoms with Gasteiger partial charge in [-0.15, -0.1) is 6.58 Å². The van der Waals surface area contributed by atoms with Gasteiger partial charge in [0.25, 0.3) is 0 Å². The molecule has 0 aliphatic rings. The average Bonchev–Trinajstić information content (AvgIpc) is 2.46. The molecule has 0 saturated heterocycles. The summed E-state index contributed by atoms with van der Waals surface area (Å²) in [7, 11) is 1.62. The van der Waals surface area contributed by atoms with Crippen LogP contribution in [0.1, 0.15) is 13.8 Å². The summed E-state index contributed by atoms with van der Waals surface area (Å²) in [4.78, 5) is 4.35. The molecular weight excluding hydrogens is 254 g/mol. The second-order valence-corrected chi connectivity index (χ2v) is 3.93. The Morgan fingerprint density at radius 3 is 2.75 bits per heavy atom. The molecule has 1 aromatic rings. The van der Waals surface area contributed by atoms with E-state index < -0.39 is 0 Å². The standard InChI is InChI=1S/C15H23N3O2/c1-5-10-17-15(16-6-2)18-12-8-9-13(20-7-3)14(11-12)19-4/h5,8-9,11H,1,6-7,10H2,2-4H3,(H2,16,17,18). The summed E-state index contributed by atoms with van der Waals surface area (Å²) >= 11 is 0. The van der Waals surface area contributed by atoms with Crippen LogP contribution in [-0.4, -0.2) is 32.8 Å². The van der Waals surface area contributed by atoms with Gasteiger partial charge < -0.3 is 20.1 Å². The monoisotopic (exact) mass is 277 g/mol. The van der Waals surface area contributed by atoms with E-state index in [1.807, 2.05) is 32.0 Å². The number of aliphatic imine (C=N–C) groups is 1. The van der Waals surface area contributed by atoms with E-state index in [2.05, 4.69) is 22.2 Å². The fourth-order valence-corrected chi connectivity index (χ4v) is 1.62. The van der Waals surface area contributed by atoms with Crippen LogP contribution in [0.2, 0.25) is 0 Å². The molecule has 20 heavy (non-hydrogen) atoms. The lowest BCUT2D eigenvalue weighted by molar-refractivity contribution is 0.311. The van der Waals surface area contributed by atoms with Crippen molar-refractivity contribution in [3.05, 3.63) is 30.9 Å². The van der Waals surface area contributed by atoms with Crippen LogP contribution in [0.3, 0.4) is 0 Å². The maximum Gasteiger partial charge on any atom is 0.196 e. The van der Waals surface area contributed by atoms with E-state index in [1.54, 1.807) is 13.2 Å². The molecule has 0 atom stereocenters. The van der Waals surface area contributed by atoms with Crippen LogP contribution in [0.5, 0.6) is 11.5 Å². The first kappa shape index (κ1) is 15.9. The van der Waals surface area contributed by atoms with E-state index in [1.165, 1.54) is 0 Å². The summed E-state index contributed by atoms with van der Waals surface area (Å²) in [6.45, 7) is 9.57. The van der Waals surface area contributed by atoms with Crippen LogP contribution in [0.4, 0.5) is 5.69 Å². The van der Waals surface area contributed by atoms with Crippen molar-refractivity contribution in [2.24, 2.45) is 4.99 Å². The highest BCUT2D eigenvalue weighted by Gasteiger charge is 2.06. The van der Waals surface area contributed by atoms with Gasteiger partial charge in [0, 0.05) is 18.3 Å². The lowest BCUT2D eigenvalue weighted by Crippen LogP contribution is -2.30. The second-order valence-electron chi connectivity index (χ2n) is 3.93. The van der Waals surface area contributed by atoms with Gasteiger partial charge >= 0.3 is 0 Å². The number of hydrogen-bond acceptors (Lipinski definition) is 3. The number of methoxy groups -OCH3 is 1. The minimum Gasteiger partial charge on any atom is -0.493 e. The molecule has 2 N–H and O–H groups in total. The fraction of sp³-hybridized carbons (Fsp3) is 0.400. The van der Waals surface area contributed by atoms with E-state index in [4.69, 9.17) is 9.47 Å². The SMILES string of the molecule is C=CCN=C(NCC)Nc1ccc(OCC)c(OC)c1. The zero-order valence-corrected chi connectivity index (χ0v) is 12.4. The second kappa shape index (κ2) is 8.85. The normalized spacial score (nSPS) is 10.8. The number of benzene rings is 1. The highest BCUT2D eigenvalue weighted by Crippen LogP contribution is 2.30. The molecular formula is C15H23N3O2. The van der Waals surface area contributed by atoms with Crippen molar-refractivity contribution < 1.29 is 9.47 Å². The molecule has 0 amide bonds. The van der Waals surface area contributed by atoms with E-state index >= 15 is 0 Å². The van der Waals surface area contributed by atoms with E-state index in [9.17, 15) is 0 Å². The van der Waals surface area contributed by atoms with Crippen molar-refractivity contribution in [3.63, 3.8) is 0 Å². The van der Waals surface area contributed by atoms with Gasteiger partial charge in [-0.25, -0.2) is 4.99 Å². The van der Waals surface area contributed by atoms with E-state index in [0.717, 1.165) is 18.0 Å². The summed E-state index contributed by atoms with van der Waals surface area (Å²) < 4.78 is 10.8. The molecule has 0 aliphatic heterocycles. The summed E-state index contributed by atoms with van der Waals surface area (Å²) in [6, 6.07) is 5.68. The molecule has 0 unspecified atom stereocenters. The number of hydrogen-bond donors (Lipinski definition) is 2. The molecule has 0 heterocycles. The highest BCUT2D eigenvalue weighted by molar-refractivity contribution is 5.94. The zero-order valence-electron chi connectivity index (χ0n) is 12.4. The van der Waals surface area contributed by atoms with Crippen molar-refractivity contribution >= 4 is 11.6 Å². The van der Waals surface area contributed by atoms with Crippen LogP contribution in [-0.2, 0) is 0 Å². The molecule has 110 valence electrons. The fourth-order valence-electron chi connectivity index (χ4n) is 1.62. The topological polar surface area (TPSA) is 54.9 Å². The molecule has 1 rings (SSSR count). The molecule has 0 fully saturated rings. The van der Waals surface area contributed by atoms with E-state index in [-0.39, 0.29) is 0 Å². The van der Waals surface area contributed by atoms with Gasteiger partial charge in [0.2, 0.25) is 0 Å². The average molecular weight is 277 g/mol. The Labute approximate surface area is 120 Å². The Morgan fingerprint density at radius 2 is 2.15 bits per heavy atom. The van der Waals surface area contributed by atoms with Gasteiger partial charge in [0.1, 0.15) is 0 Å². The molecule has 1 aromatic carbocycles. The first-order valence-corrected chi connectivity index (χ1v) is 6.72. The molecule has 0 saturated carbocycles. The van der Waals surface area contributed by atoms with Crippen LogP contribution in [0.15, 0.2) is 35.8 Å². The lowest BCUT2D eigenvalue weighted by atomic mass is 10.2. The largest absolute Gasteiger partial charge is 0.493 e. The number of rotatable bonds is 7. The molecule has 0 aliphatic carbocycles. The summed E-state index contributed by atoms with van der Waals surface area (Å²) in [5, 5.41) is 6.38. The third kappa shape index (κ3) is 4.84. The molecule has 0 aromatic heterocycles. The van der Waals surface area contributed by atoms with Gasteiger partial charge in [-0.05, 0) is 26.0 Å². The minimum atomic E-state index is 0.559. The number of nitrogens with zero attached hydrogens (tertiary/aromatic N) is 1. The van der Waals surface area contributed by atoms with Crippen molar-refractivity contribution in [3.8, 4) is 11.5 Å². The Balaban J connectivity index is 2.87.